The summed E-state index contributed by atoms with van der Waals surface area (Å²) < 4.78 is 0. The Labute approximate surface area is 99.9 Å². The Kier molecular flexibility index (Phi) is 2.34. The van der Waals surface area contributed by atoms with Gasteiger partial charge in [-0.05, 0) is 30.2 Å². The number of rotatable bonds is 2. The molecule has 1 heterocycles. The zero-order valence-corrected chi connectivity index (χ0v) is 9.38. The number of phenolic OH excluding ortho intramolecular Hbond substituents is 1. The summed E-state index contributed by atoms with van der Waals surface area (Å²) in [6, 6.07) is 11.5. The number of aromatic hydroxyl groups is 1. The van der Waals surface area contributed by atoms with Gasteiger partial charge in [-0.1, -0.05) is 18.2 Å². The standard InChI is InChI=1S/C14H14N2O/c15-13-7-12(13)14-6-3-10(8-16-14)9-1-4-11(17)5-2-9/h1-6,8,12-13,17H,7,15H2/t12-,13+/m1/s1. The number of pyridine rings is 1. The summed E-state index contributed by atoms with van der Waals surface area (Å²) in [6.45, 7) is 0. The summed E-state index contributed by atoms with van der Waals surface area (Å²) >= 11 is 0. The van der Waals surface area contributed by atoms with E-state index in [0.29, 0.717) is 12.0 Å². The van der Waals surface area contributed by atoms with Crippen LogP contribution in [0.2, 0.25) is 0 Å². The maximum atomic E-state index is 9.23. The minimum atomic E-state index is 0.280. The Hall–Kier alpha value is -1.87. The van der Waals surface area contributed by atoms with Gasteiger partial charge in [0.25, 0.3) is 0 Å². The Morgan fingerprint density at radius 2 is 1.71 bits per heavy atom. The molecular formula is C14H14N2O. The Morgan fingerprint density at radius 1 is 1.06 bits per heavy atom. The lowest BCUT2D eigenvalue weighted by molar-refractivity contribution is 0.475. The quantitative estimate of drug-likeness (QED) is 0.825. The molecule has 0 aliphatic heterocycles. The minimum Gasteiger partial charge on any atom is -0.508 e. The van der Waals surface area contributed by atoms with Gasteiger partial charge in [0.2, 0.25) is 0 Å². The number of hydrogen-bond acceptors (Lipinski definition) is 3. The van der Waals surface area contributed by atoms with E-state index in [9.17, 15) is 5.11 Å². The van der Waals surface area contributed by atoms with Crippen LogP contribution in [0.3, 0.4) is 0 Å². The maximum Gasteiger partial charge on any atom is 0.115 e. The predicted molar refractivity (Wildman–Crippen MR) is 66.7 cm³/mol. The molecular weight excluding hydrogens is 212 g/mol. The first-order chi connectivity index (χ1) is 8.24. The largest absolute Gasteiger partial charge is 0.508 e. The molecule has 2 atom stereocenters. The van der Waals surface area contributed by atoms with Crippen molar-refractivity contribution >= 4 is 0 Å². The van der Waals surface area contributed by atoms with Crippen LogP contribution in [0.5, 0.6) is 5.75 Å². The molecule has 1 saturated carbocycles. The third kappa shape index (κ3) is 2.01. The van der Waals surface area contributed by atoms with E-state index < -0.39 is 0 Å². The highest BCUT2D eigenvalue weighted by Crippen LogP contribution is 2.38. The van der Waals surface area contributed by atoms with Crippen LogP contribution >= 0.6 is 0 Å². The van der Waals surface area contributed by atoms with E-state index in [4.69, 9.17) is 5.73 Å². The lowest BCUT2D eigenvalue weighted by Gasteiger charge is -2.03. The van der Waals surface area contributed by atoms with Gasteiger partial charge in [0.15, 0.2) is 0 Å². The monoisotopic (exact) mass is 226 g/mol. The molecule has 0 unspecified atom stereocenters. The number of nitrogens with two attached hydrogens (primary N) is 1. The minimum absolute atomic E-state index is 0.280. The molecule has 3 N–H and O–H groups in total. The van der Waals surface area contributed by atoms with Gasteiger partial charge >= 0.3 is 0 Å². The number of nitrogens with zero attached hydrogens (tertiary/aromatic N) is 1. The third-order valence-electron chi connectivity index (χ3n) is 3.21. The molecule has 1 aromatic heterocycles. The molecule has 3 rings (SSSR count). The second kappa shape index (κ2) is 3.86. The van der Waals surface area contributed by atoms with E-state index in [-0.39, 0.29) is 5.75 Å². The fourth-order valence-electron chi connectivity index (χ4n) is 2.00. The fourth-order valence-corrected chi connectivity index (χ4v) is 2.00. The van der Waals surface area contributed by atoms with E-state index in [1.165, 1.54) is 0 Å². The van der Waals surface area contributed by atoms with E-state index in [1.807, 2.05) is 24.4 Å². The van der Waals surface area contributed by atoms with Crippen LogP contribution < -0.4 is 5.73 Å². The topological polar surface area (TPSA) is 59.1 Å². The van der Waals surface area contributed by atoms with Gasteiger partial charge in [-0.3, -0.25) is 4.98 Å². The predicted octanol–water partition coefficient (Wildman–Crippen LogP) is 2.27. The van der Waals surface area contributed by atoms with Crippen molar-refractivity contribution in [2.24, 2.45) is 5.73 Å². The molecule has 17 heavy (non-hydrogen) atoms. The van der Waals surface area contributed by atoms with Crippen LogP contribution in [0.1, 0.15) is 18.0 Å². The first-order valence-corrected chi connectivity index (χ1v) is 5.75. The van der Waals surface area contributed by atoms with Gasteiger partial charge in [0, 0.05) is 29.4 Å². The fraction of sp³-hybridized carbons (Fsp3) is 0.214. The first kappa shape index (κ1) is 10.3. The van der Waals surface area contributed by atoms with Crippen molar-refractivity contribution in [2.45, 2.75) is 18.4 Å². The van der Waals surface area contributed by atoms with E-state index >= 15 is 0 Å². The lowest BCUT2D eigenvalue weighted by atomic mass is 10.1. The summed E-state index contributed by atoms with van der Waals surface area (Å²) in [6.07, 6.45) is 2.91. The number of hydrogen-bond donors (Lipinski definition) is 2. The van der Waals surface area contributed by atoms with Crippen LogP contribution in [0.15, 0.2) is 42.6 Å². The maximum absolute atomic E-state index is 9.23. The molecule has 1 fully saturated rings. The van der Waals surface area contributed by atoms with Crippen molar-refractivity contribution in [3.63, 3.8) is 0 Å². The van der Waals surface area contributed by atoms with Crippen molar-refractivity contribution in [3.8, 4) is 16.9 Å². The molecule has 1 aliphatic carbocycles. The summed E-state index contributed by atoms with van der Waals surface area (Å²) in [5.74, 6) is 0.728. The second-order valence-electron chi connectivity index (χ2n) is 4.52. The first-order valence-electron chi connectivity index (χ1n) is 5.75. The van der Waals surface area contributed by atoms with Gasteiger partial charge < -0.3 is 10.8 Å². The summed E-state index contributed by atoms with van der Waals surface area (Å²) in [4.78, 5) is 4.45. The molecule has 1 aromatic carbocycles. The average molecular weight is 226 g/mol. The Bertz CT molecular complexity index is 519. The van der Waals surface area contributed by atoms with Crippen molar-refractivity contribution in [1.82, 2.24) is 4.98 Å². The van der Waals surface area contributed by atoms with Crippen LogP contribution in [0.25, 0.3) is 11.1 Å². The van der Waals surface area contributed by atoms with Crippen LogP contribution in [-0.4, -0.2) is 16.1 Å². The Balaban J connectivity index is 1.86. The summed E-state index contributed by atoms with van der Waals surface area (Å²) in [5, 5.41) is 9.23. The van der Waals surface area contributed by atoms with Crippen LogP contribution in [0.4, 0.5) is 0 Å². The van der Waals surface area contributed by atoms with Gasteiger partial charge in [0.1, 0.15) is 5.75 Å². The van der Waals surface area contributed by atoms with Crippen molar-refractivity contribution in [2.75, 3.05) is 0 Å². The summed E-state index contributed by atoms with van der Waals surface area (Å²) in [5.41, 5.74) is 9.00. The summed E-state index contributed by atoms with van der Waals surface area (Å²) in [7, 11) is 0. The highest BCUT2D eigenvalue weighted by Gasteiger charge is 2.35. The van der Waals surface area contributed by atoms with Gasteiger partial charge in [-0.25, -0.2) is 0 Å². The molecule has 3 nitrogen and oxygen atoms in total. The van der Waals surface area contributed by atoms with E-state index in [2.05, 4.69) is 11.1 Å². The van der Waals surface area contributed by atoms with E-state index in [1.54, 1.807) is 12.1 Å². The van der Waals surface area contributed by atoms with Crippen LogP contribution in [0, 0.1) is 0 Å². The Morgan fingerprint density at radius 3 is 2.24 bits per heavy atom. The van der Waals surface area contributed by atoms with Crippen molar-refractivity contribution < 1.29 is 5.11 Å². The smallest absolute Gasteiger partial charge is 0.115 e. The van der Waals surface area contributed by atoms with Gasteiger partial charge in [-0.15, -0.1) is 0 Å². The molecule has 0 amide bonds. The van der Waals surface area contributed by atoms with E-state index in [0.717, 1.165) is 23.2 Å². The highest BCUT2D eigenvalue weighted by molar-refractivity contribution is 5.63. The SMILES string of the molecule is N[C@H]1C[C@H]1c1ccc(-c2ccc(O)cc2)cn1. The molecule has 0 spiro atoms. The number of phenols is 1. The van der Waals surface area contributed by atoms with Crippen LogP contribution in [-0.2, 0) is 0 Å². The van der Waals surface area contributed by atoms with Gasteiger partial charge in [0.05, 0.1) is 0 Å². The number of aromatic nitrogens is 1. The third-order valence-corrected chi connectivity index (χ3v) is 3.21. The molecule has 86 valence electrons. The zero-order valence-electron chi connectivity index (χ0n) is 9.38. The van der Waals surface area contributed by atoms with Crippen molar-refractivity contribution in [1.29, 1.82) is 0 Å². The molecule has 3 heteroatoms. The highest BCUT2D eigenvalue weighted by atomic mass is 16.3. The molecule has 0 radical (unpaired) electrons. The van der Waals surface area contributed by atoms with Crippen molar-refractivity contribution in [3.05, 3.63) is 48.3 Å². The number of benzene rings is 1. The lowest BCUT2D eigenvalue weighted by Crippen LogP contribution is -2.01. The molecule has 0 bridgehead atoms. The molecule has 0 saturated heterocycles. The second-order valence-corrected chi connectivity index (χ2v) is 4.52. The zero-order chi connectivity index (χ0) is 11.8. The van der Waals surface area contributed by atoms with Gasteiger partial charge in [-0.2, -0.15) is 0 Å². The molecule has 1 aliphatic rings. The normalized spacial score (nSPS) is 22.4. The average Bonchev–Trinajstić information content (AvgIpc) is 3.08. The molecule has 2 aromatic rings.